The molecular weight excluding hydrogens is 310 g/mol. The van der Waals surface area contributed by atoms with Crippen LogP contribution < -0.4 is 11.1 Å². The van der Waals surface area contributed by atoms with Crippen LogP contribution in [0, 0.1) is 5.41 Å². The highest BCUT2D eigenvalue weighted by Crippen LogP contribution is 2.16. The Balaban J connectivity index is 2.54. The molecule has 24 heavy (non-hydrogen) atoms. The minimum atomic E-state index is -0.613. The molecule has 138 valence electrons. The van der Waals surface area contributed by atoms with E-state index in [0.717, 1.165) is 0 Å². The van der Waals surface area contributed by atoms with E-state index in [1.165, 1.54) is 0 Å². The van der Waals surface area contributed by atoms with Gasteiger partial charge < -0.3 is 25.6 Å². The third-order valence-electron chi connectivity index (χ3n) is 3.73. The lowest BCUT2D eigenvalue weighted by molar-refractivity contribution is -0.128. The highest BCUT2D eigenvalue weighted by atomic mass is 16.6. The van der Waals surface area contributed by atoms with Crippen molar-refractivity contribution in [3.63, 3.8) is 0 Å². The SMILES string of the molecule is CNC(=O)C(C)(C)CN=C(N)N1CCN(C(=O)OC(C)(C)C)CC1. The van der Waals surface area contributed by atoms with Gasteiger partial charge in [-0.3, -0.25) is 9.79 Å². The summed E-state index contributed by atoms with van der Waals surface area (Å²) in [5, 5.41) is 2.62. The summed E-state index contributed by atoms with van der Waals surface area (Å²) >= 11 is 0. The number of guanidine groups is 1. The first-order valence-corrected chi connectivity index (χ1v) is 8.21. The van der Waals surface area contributed by atoms with Crippen molar-refractivity contribution in [1.82, 2.24) is 15.1 Å². The first-order chi connectivity index (χ1) is 11.0. The molecule has 0 aliphatic carbocycles. The molecule has 0 atom stereocenters. The molecule has 1 saturated heterocycles. The van der Waals surface area contributed by atoms with Gasteiger partial charge in [-0.1, -0.05) is 0 Å². The Hall–Kier alpha value is -1.99. The molecule has 1 heterocycles. The molecule has 1 rings (SSSR count). The third-order valence-corrected chi connectivity index (χ3v) is 3.73. The van der Waals surface area contributed by atoms with Crippen molar-refractivity contribution in [2.45, 2.75) is 40.2 Å². The van der Waals surface area contributed by atoms with Gasteiger partial charge in [0.2, 0.25) is 5.91 Å². The molecule has 8 nitrogen and oxygen atoms in total. The number of rotatable bonds is 3. The van der Waals surface area contributed by atoms with Crippen LogP contribution in [0.3, 0.4) is 0 Å². The maximum absolute atomic E-state index is 12.0. The number of hydrogen-bond donors (Lipinski definition) is 2. The summed E-state index contributed by atoms with van der Waals surface area (Å²) in [4.78, 5) is 31.7. The average Bonchev–Trinajstić information content (AvgIpc) is 2.50. The van der Waals surface area contributed by atoms with Gasteiger partial charge >= 0.3 is 6.09 Å². The average molecular weight is 341 g/mol. The summed E-state index contributed by atoms with van der Waals surface area (Å²) in [6.45, 7) is 11.7. The molecule has 2 amide bonds. The van der Waals surface area contributed by atoms with E-state index in [0.29, 0.717) is 38.7 Å². The molecule has 0 unspecified atom stereocenters. The van der Waals surface area contributed by atoms with Crippen molar-refractivity contribution in [3.05, 3.63) is 0 Å². The number of piperazine rings is 1. The normalized spacial score (nSPS) is 16.8. The van der Waals surface area contributed by atoms with E-state index in [1.54, 1.807) is 11.9 Å². The topological polar surface area (TPSA) is 100 Å². The quantitative estimate of drug-likeness (QED) is 0.579. The van der Waals surface area contributed by atoms with Gasteiger partial charge in [0.25, 0.3) is 0 Å². The molecular formula is C16H31N5O3. The highest BCUT2D eigenvalue weighted by Gasteiger charge is 2.28. The smallest absolute Gasteiger partial charge is 0.410 e. The molecule has 1 fully saturated rings. The van der Waals surface area contributed by atoms with E-state index < -0.39 is 11.0 Å². The largest absolute Gasteiger partial charge is 0.444 e. The van der Waals surface area contributed by atoms with Crippen molar-refractivity contribution >= 4 is 18.0 Å². The molecule has 0 aromatic heterocycles. The fourth-order valence-corrected chi connectivity index (χ4v) is 2.23. The van der Waals surface area contributed by atoms with Crippen molar-refractivity contribution in [2.24, 2.45) is 16.1 Å². The summed E-state index contributed by atoms with van der Waals surface area (Å²) in [5.74, 6) is 0.324. The van der Waals surface area contributed by atoms with Crippen LogP contribution in [0.15, 0.2) is 4.99 Å². The first kappa shape index (κ1) is 20.1. The van der Waals surface area contributed by atoms with E-state index in [2.05, 4.69) is 10.3 Å². The predicted molar refractivity (Wildman–Crippen MR) is 93.7 cm³/mol. The first-order valence-electron chi connectivity index (χ1n) is 8.21. The van der Waals surface area contributed by atoms with Crippen LogP contribution in [0.25, 0.3) is 0 Å². The number of hydrogen-bond acceptors (Lipinski definition) is 4. The molecule has 0 spiro atoms. The summed E-state index contributed by atoms with van der Waals surface area (Å²) in [6, 6.07) is 0. The maximum atomic E-state index is 12.0. The maximum Gasteiger partial charge on any atom is 0.410 e. The van der Waals surface area contributed by atoms with Crippen LogP contribution in [0.5, 0.6) is 0 Å². The van der Waals surface area contributed by atoms with E-state index in [9.17, 15) is 9.59 Å². The minimum absolute atomic E-state index is 0.0752. The van der Waals surface area contributed by atoms with E-state index >= 15 is 0 Å². The van der Waals surface area contributed by atoms with Crippen LogP contribution in [0.1, 0.15) is 34.6 Å². The van der Waals surface area contributed by atoms with Gasteiger partial charge in [-0.15, -0.1) is 0 Å². The van der Waals surface area contributed by atoms with Crippen LogP contribution >= 0.6 is 0 Å². The van der Waals surface area contributed by atoms with Crippen molar-refractivity contribution in [3.8, 4) is 0 Å². The Morgan fingerprint density at radius 3 is 2.04 bits per heavy atom. The van der Waals surface area contributed by atoms with Gasteiger partial charge in [-0.25, -0.2) is 4.79 Å². The number of nitrogens with zero attached hydrogens (tertiary/aromatic N) is 3. The zero-order valence-electron chi connectivity index (χ0n) is 15.7. The second-order valence-corrected chi connectivity index (χ2v) is 7.59. The Morgan fingerprint density at radius 2 is 1.58 bits per heavy atom. The van der Waals surface area contributed by atoms with Gasteiger partial charge in [-0.2, -0.15) is 0 Å². The minimum Gasteiger partial charge on any atom is -0.444 e. The fraction of sp³-hybridized carbons (Fsp3) is 0.812. The molecule has 0 aromatic rings. The van der Waals surface area contributed by atoms with Crippen molar-refractivity contribution in [1.29, 1.82) is 0 Å². The zero-order chi connectivity index (χ0) is 18.5. The van der Waals surface area contributed by atoms with E-state index in [-0.39, 0.29) is 12.0 Å². The molecule has 0 saturated carbocycles. The molecule has 0 radical (unpaired) electrons. The molecule has 8 heteroatoms. The number of aliphatic imine (C=N–C) groups is 1. The summed E-state index contributed by atoms with van der Waals surface area (Å²) in [7, 11) is 1.60. The van der Waals surface area contributed by atoms with Gasteiger partial charge in [0.05, 0.1) is 12.0 Å². The number of ether oxygens (including phenoxy) is 1. The lowest BCUT2D eigenvalue weighted by Gasteiger charge is -2.36. The molecule has 1 aliphatic heterocycles. The number of amides is 2. The number of carbonyl (C=O) groups excluding carboxylic acids is 2. The lowest BCUT2D eigenvalue weighted by atomic mass is 9.93. The third kappa shape index (κ3) is 5.90. The molecule has 0 bridgehead atoms. The van der Waals surface area contributed by atoms with Crippen LogP contribution in [-0.4, -0.2) is 73.1 Å². The van der Waals surface area contributed by atoms with Crippen LogP contribution in [0.4, 0.5) is 4.79 Å². The van der Waals surface area contributed by atoms with Crippen molar-refractivity contribution in [2.75, 3.05) is 39.8 Å². The highest BCUT2D eigenvalue weighted by molar-refractivity contribution is 5.83. The molecule has 1 aliphatic rings. The Morgan fingerprint density at radius 1 is 1.08 bits per heavy atom. The lowest BCUT2D eigenvalue weighted by Crippen LogP contribution is -2.53. The van der Waals surface area contributed by atoms with E-state index in [4.69, 9.17) is 10.5 Å². The van der Waals surface area contributed by atoms with Gasteiger partial charge in [0.15, 0.2) is 5.96 Å². The summed E-state index contributed by atoms with van der Waals surface area (Å²) in [6.07, 6.45) is -0.307. The zero-order valence-corrected chi connectivity index (χ0v) is 15.7. The van der Waals surface area contributed by atoms with Gasteiger partial charge in [-0.05, 0) is 34.6 Å². The Labute approximate surface area is 144 Å². The molecule has 0 aromatic carbocycles. The second-order valence-electron chi connectivity index (χ2n) is 7.59. The van der Waals surface area contributed by atoms with E-state index in [1.807, 2.05) is 39.5 Å². The number of nitrogens with one attached hydrogen (secondary N) is 1. The number of carbonyl (C=O) groups is 2. The predicted octanol–water partition coefficient (Wildman–Crippen LogP) is 0.626. The molecule has 3 N–H and O–H groups in total. The number of nitrogens with two attached hydrogens (primary N) is 1. The summed E-state index contributed by atoms with van der Waals surface area (Å²) in [5.41, 5.74) is 4.92. The Kier molecular flexibility index (Phi) is 6.45. The standard InChI is InChI=1S/C16H31N5O3/c1-15(2,3)24-14(23)21-9-7-20(8-10-21)13(17)19-11-16(4,5)12(22)18-6/h7-11H2,1-6H3,(H2,17,19)(H,18,22). The fourth-order valence-electron chi connectivity index (χ4n) is 2.23. The van der Waals surface area contributed by atoms with Crippen LogP contribution in [0.2, 0.25) is 0 Å². The van der Waals surface area contributed by atoms with Gasteiger partial charge in [0, 0.05) is 33.2 Å². The Bertz CT molecular complexity index is 488. The second kappa shape index (κ2) is 7.72. The monoisotopic (exact) mass is 341 g/mol. The van der Waals surface area contributed by atoms with Crippen LogP contribution in [-0.2, 0) is 9.53 Å². The summed E-state index contributed by atoms with van der Waals surface area (Å²) < 4.78 is 5.37. The van der Waals surface area contributed by atoms with Crippen molar-refractivity contribution < 1.29 is 14.3 Å². The van der Waals surface area contributed by atoms with Gasteiger partial charge in [0.1, 0.15) is 5.60 Å².